The number of nitrogens with two attached hydrogens (primary N) is 1. The van der Waals surface area contributed by atoms with Gasteiger partial charge in [0.15, 0.2) is 5.58 Å². The number of halogens is 2. The molecule has 0 saturated carbocycles. The Hall–Kier alpha value is -1.71. The van der Waals surface area contributed by atoms with Crippen LogP contribution in [0.2, 0.25) is 10.0 Å². The van der Waals surface area contributed by atoms with E-state index < -0.39 is 0 Å². The maximum absolute atomic E-state index is 6.16. The Bertz CT molecular complexity index is 780. The molecule has 0 aliphatic rings. The molecule has 0 atom stereocenters. The number of hydrogen-bond donors (Lipinski definition) is 1. The van der Waals surface area contributed by atoms with E-state index in [2.05, 4.69) is 4.98 Å². The SMILES string of the molecule is Cc1cc(Cl)cc2nc(-c3ccc(N)cc3Cl)oc12. The molecule has 5 heteroatoms. The summed E-state index contributed by atoms with van der Waals surface area (Å²) in [6, 6.07) is 8.83. The highest BCUT2D eigenvalue weighted by atomic mass is 35.5. The Labute approximate surface area is 119 Å². The molecular weight excluding hydrogens is 283 g/mol. The second-order valence-electron chi connectivity index (χ2n) is 4.33. The Morgan fingerprint density at radius 1 is 1.16 bits per heavy atom. The number of hydrogen-bond acceptors (Lipinski definition) is 3. The summed E-state index contributed by atoms with van der Waals surface area (Å²) < 4.78 is 5.77. The van der Waals surface area contributed by atoms with Crippen molar-refractivity contribution < 1.29 is 4.42 Å². The number of nitrogen functional groups attached to an aromatic ring is 1. The van der Waals surface area contributed by atoms with Gasteiger partial charge in [-0.05, 0) is 42.8 Å². The Kier molecular flexibility index (Phi) is 2.88. The fraction of sp³-hybridized carbons (Fsp3) is 0.0714. The van der Waals surface area contributed by atoms with Crippen LogP contribution in [0.3, 0.4) is 0 Å². The molecular formula is C14H10Cl2N2O. The zero-order valence-corrected chi connectivity index (χ0v) is 11.6. The third-order valence-corrected chi connectivity index (χ3v) is 3.40. The molecule has 3 rings (SSSR count). The van der Waals surface area contributed by atoms with E-state index in [1.165, 1.54) is 0 Å². The van der Waals surface area contributed by atoms with E-state index in [1.54, 1.807) is 24.3 Å². The lowest BCUT2D eigenvalue weighted by Crippen LogP contribution is -1.85. The Balaban J connectivity index is 2.23. The van der Waals surface area contributed by atoms with E-state index in [-0.39, 0.29) is 0 Å². The van der Waals surface area contributed by atoms with Gasteiger partial charge in [0, 0.05) is 10.7 Å². The van der Waals surface area contributed by atoms with Crippen molar-refractivity contribution in [1.29, 1.82) is 0 Å². The first-order chi connectivity index (χ1) is 9.04. The van der Waals surface area contributed by atoms with Crippen molar-refractivity contribution >= 4 is 40.0 Å². The molecule has 0 radical (unpaired) electrons. The van der Waals surface area contributed by atoms with Crippen LogP contribution in [0.4, 0.5) is 5.69 Å². The van der Waals surface area contributed by atoms with Gasteiger partial charge in [0.2, 0.25) is 5.89 Å². The normalized spacial score (nSPS) is 11.1. The molecule has 2 N–H and O–H groups in total. The van der Waals surface area contributed by atoms with Gasteiger partial charge in [0.05, 0.1) is 10.6 Å². The molecule has 3 aromatic rings. The number of rotatable bonds is 1. The molecule has 0 fully saturated rings. The molecule has 0 bridgehead atoms. The van der Waals surface area contributed by atoms with Gasteiger partial charge >= 0.3 is 0 Å². The topological polar surface area (TPSA) is 52.0 Å². The van der Waals surface area contributed by atoms with E-state index >= 15 is 0 Å². The van der Waals surface area contributed by atoms with Crippen molar-refractivity contribution in [2.45, 2.75) is 6.92 Å². The predicted molar refractivity (Wildman–Crippen MR) is 78.6 cm³/mol. The molecule has 0 saturated heterocycles. The molecule has 19 heavy (non-hydrogen) atoms. The summed E-state index contributed by atoms with van der Waals surface area (Å²) in [6.07, 6.45) is 0. The quantitative estimate of drug-likeness (QED) is 0.662. The number of oxazole rings is 1. The van der Waals surface area contributed by atoms with Crippen molar-refractivity contribution in [3.05, 3.63) is 45.9 Å². The molecule has 0 unspecified atom stereocenters. The largest absolute Gasteiger partial charge is 0.436 e. The van der Waals surface area contributed by atoms with Crippen molar-refractivity contribution in [3.63, 3.8) is 0 Å². The summed E-state index contributed by atoms with van der Waals surface area (Å²) in [5.41, 5.74) is 9.35. The van der Waals surface area contributed by atoms with Crippen molar-refractivity contribution in [2.75, 3.05) is 5.73 Å². The van der Waals surface area contributed by atoms with Crippen LogP contribution in [0.25, 0.3) is 22.6 Å². The third kappa shape index (κ3) is 2.15. The summed E-state index contributed by atoms with van der Waals surface area (Å²) >= 11 is 12.2. The van der Waals surface area contributed by atoms with Gasteiger partial charge in [-0.3, -0.25) is 0 Å². The summed E-state index contributed by atoms with van der Waals surface area (Å²) in [6.45, 7) is 1.92. The second kappa shape index (κ2) is 4.44. The lowest BCUT2D eigenvalue weighted by Gasteiger charge is -2.00. The minimum absolute atomic E-state index is 0.463. The third-order valence-electron chi connectivity index (χ3n) is 2.86. The molecule has 96 valence electrons. The van der Waals surface area contributed by atoms with Crippen LogP contribution in [-0.2, 0) is 0 Å². The Morgan fingerprint density at radius 2 is 1.95 bits per heavy atom. The van der Waals surface area contributed by atoms with Gasteiger partial charge in [-0.2, -0.15) is 0 Å². The molecule has 0 amide bonds. The first-order valence-corrected chi connectivity index (χ1v) is 6.42. The highest BCUT2D eigenvalue weighted by molar-refractivity contribution is 6.33. The minimum atomic E-state index is 0.463. The number of aryl methyl sites for hydroxylation is 1. The molecule has 1 heterocycles. The van der Waals surface area contributed by atoms with Gasteiger partial charge in [-0.15, -0.1) is 0 Å². The van der Waals surface area contributed by atoms with E-state index in [0.717, 1.165) is 5.56 Å². The highest BCUT2D eigenvalue weighted by Crippen LogP contribution is 2.33. The minimum Gasteiger partial charge on any atom is -0.436 e. The van der Waals surface area contributed by atoms with E-state index in [1.807, 2.05) is 13.0 Å². The molecule has 1 aromatic heterocycles. The molecule has 0 aliphatic carbocycles. The average molecular weight is 293 g/mol. The van der Waals surface area contributed by atoms with Crippen LogP contribution >= 0.6 is 23.2 Å². The second-order valence-corrected chi connectivity index (χ2v) is 5.17. The summed E-state index contributed by atoms with van der Waals surface area (Å²) in [5, 5.41) is 1.14. The molecule has 3 nitrogen and oxygen atoms in total. The first-order valence-electron chi connectivity index (χ1n) is 5.66. The number of anilines is 1. The summed E-state index contributed by atoms with van der Waals surface area (Å²) in [4.78, 5) is 4.42. The number of nitrogens with zero attached hydrogens (tertiary/aromatic N) is 1. The van der Waals surface area contributed by atoms with E-state index in [9.17, 15) is 0 Å². The fourth-order valence-electron chi connectivity index (χ4n) is 1.98. The first kappa shape index (κ1) is 12.3. The summed E-state index contributed by atoms with van der Waals surface area (Å²) in [5.74, 6) is 0.463. The van der Waals surface area contributed by atoms with Crippen LogP contribution in [0, 0.1) is 6.92 Å². The van der Waals surface area contributed by atoms with E-state index in [4.69, 9.17) is 33.4 Å². The van der Waals surface area contributed by atoms with Crippen molar-refractivity contribution in [1.82, 2.24) is 4.98 Å². The predicted octanol–water partition coefficient (Wildman–Crippen LogP) is 4.69. The zero-order valence-electron chi connectivity index (χ0n) is 10.1. The zero-order chi connectivity index (χ0) is 13.6. The fourth-order valence-corrected chi connectivity index (χ4v) is 2.51. The average Bonchev–Trinajstić information content (AvgIpc) is 2.72. The lowest BCUT2D eigenvalue weighted by molar-refractivity contribution is 0.617. The van der Waals surface area contributed by atoms with E-state index in [0.29, 0.717) is 38.3 Å². The maximum atomic E-state index is 6.16. The monoisotopic (exact) mass is 292 g/mol. The van der Waals surface area contributed by atoms with Crippen LogP contribution in [0.15, 0.2) is 34.7 Å². The van der Waals surface area contributed by atoms with Gasteiger partial charge in [0.25, 0.3) is 0 Å². The van der Waals surface area contributed by atoms with Gasteiger partial charge in [-0.1, -0.05) is 23.2 Å². The number of fused-ring (bicyclic) bond motifs is 1. The maximum Gasteiger partial charge on any atom is 0.228 e. The Morgan fingerprint density at radius 3 is 2.68 bits per heavy atom. The number of aromatic nitrogens is 1. The molecule has 0 spiro atoms. The van der Waals surface area contributed by atoms with Crippen molar-refractivity contribution in [2.24, 2.45) is 0 Å². The molecule has 2 aromatic carbocycles. The van der Waals surface area contributed by atoms with Gasteiger partial charge in [-0.25, -0.2) is 4.98 Å². The van der Waals surface area contributed by atoms with Crippen LogP contribution in [0.5, 0.6) is 0 Å². The van der Waals surface area contributed by atoms with Crippen molar-refractivity contribution in [3.8, 4) is 11.5 Å². The van der Waals surface area contributed by atoms with Crippen LogP contribution < -0.4 is 5.73 Å². The van der Waals surface area contributed by atoms with Crippen LogP contribution in [0.1, 0.15) is 5.56 Å². The van der Waals surface area contributed by atoms with Gasteiger partial charge in [0.1, 0.15) is 5.52 Å². The lowest BCUT2D eigenvalue weighted by atomic mass is 10.2. The summed E-state index contributed by atoms with van der Waals surface area (Å²) in [7, 11) is 0. The van der Waals surface area contributed by atoms with Crippen LogP contribution in [-0.4, -0.2) is 4.98 Å². The smallest absolute Gasteiger partial charge is 0.228 e. The molecule has 0 aliphatic heterocycles. The highest BCUT2D eigenvalue weighted by Gasteiger charge is 2.13. The number of benzene rings is 2. The standard InChI is InChI=1S/C14H10Cl2N2O/c1-7-4-8(15)5-12-13(7)19-14(18-12)10-3-2-9(17)6-11(10)16/h2-6H,17H2,1H3. The van der Waals surface area contributed by atoms with Gasteiger partial charge < -0.3 is 10.2 Å².